The smallest absolute Gasteiger partial charge is 0.328 e. The zero-order valence-corrected chi connectivity index (χ0v) is 9.82. The van der Waals surface area contributed by atoms with Crippen LogP contribution in [0.2, 0.25) is 0 Å². The molecule has 0 radical (unpaired) electrons. The van der Waals surface area contributed by atoms with Crippen LogP contribution < -0.4 is 11.1 Å². The maximum Gasteiger partial charge on any atom is 0.328 e. The van der Waals surface area contributed by atoms with Gasteiger partial charge in [0.25, 0.3) is 0 Å². The molecule has 4 N–H and O–H groups in total. The van der Waals surface area contributed by atoms with Gasteiger partial charge in [-0.3, -0.25) is 4.79 Å². The number of nitrogens with two attached hydrogens (primary N) is 1. The lowest BCUT2D eigenvalue weighted by atomic mass is 9.85. The van der Waals surface area contributed by atoms with Gasteiger partial charge >= 0.3 is 5.97 Å². The first-order chi connectivity index (χ1) is 7.33. The van der Waals surface area contributed by atoms with Crippen LogP contribution >= 0.6 is 0 Å². The molecule has 1 saturated carbocycles. The highest BCUT2D eigenvalue weighted by Gasteiger charge is 2.33. The summed E-state index contributed by atoms with van der Waals surface area (Å²) in [6, 6.07) is 0.0671. The van der Waals surface area contributed by atoms with E-state index in [1.54, 1.807) is 0 Å². The van der Waals surface area contributed by atoms with Crippen molar-refractivity contribution < 1.29 is 14.7 Å². The summed E-state index contributed by atoms with van der Waals surface area (Å²) < 4.78 is 0. The maximum atomic E-state index is 11.8. The van der Waals surface area contributed by atoms with Crippen LogP contribution in [0, 0.1) is 5.92 Å². The van der Waals surface area contributed by atoms with Crippen molar-refractivity contribution >= 4 is 11.9 Å². The average Bonchev–Trinajstić information content (AvgIpc) is 2.16. The number of aliphatic carboxylic acids is 1. The van der Waals surface area contributed by atoms with E-state index < -0.39 is 11.5 Å². The number of rotatable bonds is 3. The molecule has 1 amide bonds. The van der Waals surface area contributed by atoms with Gasteiger partial charge in [0.15, 0.2) is 0 Å². The van der Waals surface area contributed by atoms with Crippen LogP contribution in [0.3, 0.4) is 0 Å². The first kappa shape index (κ1) is 13.0. The predicted molar refractivity (Wildman–Crippen MR) is 59.8 cm³/mol. The van der Waals surface area contributed by atoms with Crippen molar-refractivity contribution in [1.29, 1.82) is 0 Å². The second kappa shape index (κ2) is 4.82. The van der Waals surface area contributed by atoms with Gasteiger partial charge in [0.2, 0.25) is 5.91 Å². The van der Waals surface area contributed by atoms with Crippen LogP contribution in [0.15, 0.2) is 0 Å². The number of carbonyl (C=O) groups excluding carboxylic acids is 1. The Kier molecular flexibility index (Phi) is 3.91. The van der Waals surface area contributed by atoms with Crippen molar-refractivity contribution in [3.63, 3.8) is 0 Å². The molecule has 0 aromatic rings. The largest absolute Gasteiger partial charge is 0.480 e. The van der Waals surface area contributed by atoms with Gasteiger partial charge in [-0.15, -0.1) is 0 Å². The molecular weight excluding hydrogens is 208 g/mol. The Labute approximate surface area is 95.4 Å². The third-order valence-corrected chi connectivity index (χ3v) is 3.06. The SMILES string of the molecule is CC(C)(NC(=O)C1CCCC(N)C1)C(=O)O. The van der Waals surface area contributed by atoms with Crippen molar-refractivity contribution in [2.75, 3.05) is 0 Å². The molecule has 1 rings (SSSR count). The third-order valence-electron chi connectivity index (χ3n) is 3.06. The number of carbonyl (C=O) groups is 2. The van der Waals surface area contributed by atoms with Gasteiger partial charge in [-0.1, -0.05) is 6.42 Å². The first-order valence-corrected chi connectivity index (χ1v) is 5.64. The molecule has 0 aliphatic heterocycles. The Morgan fingerprint density at radius 1 is 1.38 bits per heavy atom. The monoisotopic (exact) mass is 228 g/mol. The van der Waals surface area contributed by atoms with Crippen molar-refractivity contribution in [3.8, 4) is 0 Å². The van der Waals surface area contributed by atoms with E-state index in [0.717, 1.165) is 19.3 Å². The van der Waals surface area contributed by atoms with E-state index >= 15 is 0 Å². The molecular formula is C11H20N2O3. The summed E-state index contributed by atoms with van der Waals surface area (Å²) in [4.78, 5) is 22.7. The van der Waals surface area contributed by atoms with E-state index in [9.17, 15) is 9.59 Å². The van der Waals surface area contributed by atoms with E-state index in [1.165, 1.54) is 13.8 Å². The lowest BCUT2D eigenvalue weighted by Gasteiger charge is -2.29. The summed E-state index contributed by atoms with van der Waals surface area (Å²) in [6.07, 6.45) is 3.34. The van der Waals surface area contributed by atoms with Gasteiger partial charge in [-0.25, -0.2) is 4.79 Å². The quantitative estimate of drug-likeness (QED) is 0.655. The minimum atomic E-state index is -1.21. The van der Waals surface area contributed by atoms with E-state index in [-0.39, 0.29) is 17.9 Å². The third kappa shape index (κ3) is 3.20. The molecule has 1 aliphatic rings. The number of hydrogen-bond acceptors (Lipinski definition) is 3. The molecule has 5 heteroatoms. The molecule has 16 heavy (non-hydrogen) atoms. The Morgan fingerprint density at radius 2 is 2.00 bits per heavy atom. The highest BCUT2D eigenvalue weighted by Crippen LogP contribution is 2.23. The van der Waals surface area contributed by atoms with Gasteiger partial charge in [-0.2, -0.15) is 0 Å². The second-order valence-corrected chi connectivity index (χ2v) is 5.04. The van der Waals surface area contributed by atoms with Crippen LogP contribution in [0.25, 0.3) is 0 Å². The number of carboxylic acid groups (broad SMARTS) is 1. The standard InChI is InChI=1S/C11H20N2O3/c1-11(2,10(15)16)13-9(14)7-4-3-5-8(12)6-7/h7-8H,3-6,12H2,1-2H3,(H,13,14)(H,15,16). The summed E-state index contributed by atoms with van der Waals surface area (Å²) in [5.41, 5.74) is 4.58. The molecule has 1 aliphatic carbocycles. The summed E-state index contributed by atoms with van der Waals surface area (Å²) in [6.45, 7) is 2.96. The molecule has 0 heterocycles. The highest BCUT2D eigenvalue weighted by molar-refractivity contribution is 5.87. The Bertz CT molecular complexity index is 289. The molecule has 2 unspecified atom stereocenters. The maximum absolute atomic E-state index is 11.8. The fourth-order valence-corrected chi connectivity index (χ4v) is 1.93. The Balaban J connectivity index is 2.55. The number of hydrogen-bond donors (Lipinski definition) is 3. The van der Waals surface area contributed by atoms with Crippen LogP contribution in [0.5, 0.6) is 0 Å². The Hall–Kier alpha value is -1.10. The molecule has 92 valence electrons. The van der Waals surface area contributed by atoms with Gasteiger partial charge in [0.1, 0.15) is 5.54 Å². The predicted octanol–water partition coefficient (Wildman–Crippen LogP) is 0.483. The summed E-state index contributed by atoms with van der Waals surface area (Å²) >= 11 is 0. The minimum absolute atomic E-state index is 0.0671. The van der Waals surface area contributed by atoms with E-state index in [0.29, 0.717) is 6.42 Å². The lowest BCUT2D eigenvalue weighted by molar-refractivity contribution is -0.146. The lowest BCUT2D eigenvalue weighted by Crippen LogP contribution is -2.52. The van der Waals surface area contributed by atoms with Crippen LogP contribution in [0.1, 0.15) is 39.5 Å². The van der Waals surface area contributed by atoms with E-state index in [1.807, 2.05) is 0 Å². The zero-order chi connectivity index (χ0) is 12.3. The van der Waals surface area contributed by atoms with Crippen LogP contribution in [-0.4, -0.2) is 28.6 Å². The first-order valence-electron chi connectivity index (χ1n) is 5.64. The Morgan fingerprint density at radius 3 is 2.50 bits per heavy atom. The van der Waals surface area contributed by atoms with Gasteiger partial charge < -0.3 is 16.2 Å². The van der Waals surface area contributed by atoms with Gasteiger partial charge in [-0.05, 0) is 33.1 Å². The van der Waals surface area contributed by atoms with E-state index in [4.69, 9.17) is 10.8 Å². The molecule has 0 bridgehead atoms. The van der Waals surface area contributed by atoms with Crippen LogP contribution in [0.4, 0.5) is 0 Å². The molecule has 0 saturated heterocycles. The molecule has 0 aromatic heterocycles. The van der Waals surface area contributed by atoms with E-state index in [2.05, 4.69) is 5.32 Å². The molecule has 5 nitrogen and oxygen atoms in total. The fourth-order valence-electron chi connectivity index (χ4n) is 1.93. The normalized spacial score (nSPS) is 26.2. The summed E-state index contributed by atoms with van der Waals surface area (Å²) in [7, 11) is 0. The molecule has 1 fully saturated rings. The number of nitrogens with one attached hydrogen (secondary N) is 1. The average molecular weight is 228 g/mol. The number of carboxylic acids is 1. The van der Waals surface area contributed by atoms with Gasteiger partial charge in [0, 0.05) is 12.0 Å². The minimum Gasteiger partial charge on any atom is -0.480 e. The fraction of sp³-hybridized carbons (Fsp3) is 0.818. The molecule has 2 atom stereocenters. The van der Waals surface area contributed by atoms with Gasteiger partial charge in [0.05, 0.1) is 0 Å². The van der Waals surface area contributed by atoms with Crippen molar-refractivity contribution in [2.45, 2.75) is 51.1 Å². The second-order valence-electron chi connectivity index (χ2n) is 5.04. The highest BCUT2D eigenvalue weighted by atomic mass is 16.4. The summed E-state index contributed by atoms with van der Waals surface area (Å²) in [5.74, 6) is -1.36. The van der Waals surface area contributed by atoms with Crippen molar-refractivity contribution in [2.24, 2.45) is 11.7 Å². The van der Waals surface area contributed by atoms with Crippen molar-refractivity contribution in [1.82, 2.24) is 5.32 Å². The van der Waals surface area contributed by atoms with Crippen molar-refractivity contribution in [3.05, 3.63) is 0 Å². The summed E-state index contributed by atoms with van der Waals surface area (Å²) in [5, 5.41) is 11.5. The zero-order valence-electron chi connectivity index (χ0n) is 9.82. The topological polar surface area (TPSA) is 92.4 Å². The number of amides is 1. The molecule has 0 aromatic carbocycles. The van der Waals surface area contributed by atoms with Crippen LogP contribution in [-0.2, 0) is 9.59 Å². The molecule has 0 spiro atoms.